The molecule has 0 bridgehead atoms. The monoisotopic (exact) mass is 430 g/mol. The fourth-order valence-corrected chi connectivity index (χ4v) is 2.07. The Bertz CT molecular complexity index is 264. The van der Waals surface area contributed by atoms with Crippen molar-refractivity contribution in [3.05, 3.63) is 0 Å². The molecule has 0 aromatic carbocycles. The highest BCUT2D eigenvalue weighted by atomic mass is 127. The van der Waals surface area contributed by atoms with Crippen molar-refractivity contribution in [1.82, 2.24) is 15.5 Å². The molecule has 7 heteroatoms. The highest BCUT2D eigenvalue weighted by Crippen LogP contribution is 1.96. The third-order valence-electron chi connectivity index (χ3n) is 3.41. The molecule has 0 aliphatic rings. The molecule has 0 aliphatic carbocycles. The number of methoxy groups -OCH3 is 1. The average Bonchev–Trinajstić information content (AvgIpc) is 2.50. The van der Waals surface area contributed by atoms with Crippen molar-refractivity contribution in [2.75, 3.05) is 60.2 Å². The molecule has 0 saturated carbocycles. The van der Waals surface area contributed by atoms with Crippen LogP contribution in [0.2, 0.25) is 0 Å². The van der Waals surface area contributed by atoms with Gasteiger partial charge in [-0.3, -0.25) is 9.89 Å². The molecule has 0 aromatic heterocycles. The summed E-state index contributed by atoms with van der Waals surface area (Å²) in [7, 11) is 3.48. The second-order valence-corrected chi connectivity index (χ2v) is 4.91. The van der Waals surface area contributed by atoms with E-state index in [2.05, 4.69) is 41.3 Å². The van der Waals surface area contributed by atoms with Gasteiger partial charge in [-0.15, -0.1) is 24.0 Å². The van der Waals surface area contributed by atoms with Crippen molar-refractivity contribution in [2.45, 2.75) is 33.2 Å². The molecule has 1 unspecified atom stereocenters. The normalized spacial score (nSPS) is 12.9. The Morgan fingerprint density at radius 1 is 1.14 bits per heavy atom. The Balaban J connectivity index is 0. The number of rotatable bonds is 12. The lowest BCUT2D eigenvalue weighted by Crippen LogP contribution is -2.46. The summed E-state index contributed by atoms with van der Waals surface area (Å²) < 4.78 is 10.3. The summed E-state index contributed by atoms with van der Waals surface area (Å²) in [6.45, 7) is 12.6. The smallest absolute Gasteiger partial charge is 0.191 e. The van der Waals surface area contributed by atoms with Crippen LogP contribution in [0.4, 0.5) is 0 Å². The zero-order valence-corrected chi connectivity index (χ0v) is 17.2. The standard InChI is InChI=1S/C15H34N4O2.HI/c1-6-19(7-2)14(3)13-18-15(16-4)17-9-8-10-21-12-11-20-5;/h14H,6-13H2,1-5H3,(H2,16,17,18);1H. The van der Waals surface area contributed by atoms with Gasteiger partial charge in [0.2, 0.25) is 0 Å². The predicted molar refractivity (Wildman–Crippen MR) is 104 cm³/mol. The van der Waals surface area contributed by atoms with Crippen LogP contribution in [-0.2, 0) is 9.47 Å². The fourth-order valence-electron chi connectivity index (χ4n) is 2.07. The predicted octanol–water partition coefficient (Wildman–Crippen LogP) is 1.55. The van der Waals surface area contributed by atoms with Gasteiger partial charge in [-0.2, -0.15) is 0 Å². The first-order valence-corrected chi connectivity index (χ1v) is 7.94. The first kappa shape index (κ1) is 24.1. The van der Waals surface area contributed by atoms with Crippen LogP contribution < -0.4 is 10.6 Å². The van der Waals surface area contributed by atoms with Gasteiger partial charge in [0.15, 0.2) is 5.96 Å². The first-order chi connectivity index (χ1) is 10.2. The van der Waals surface area contributed by atoms with Crippen LogP contribution in [0.25, 0.3) is 0 Å². The van der Waals surface area contributed by atoms with Gasteiger partial charge < -0.3 is 20.1 Å². The summed E-state index contributed by atoms with van der Waals surface area (Å²) in [5.74, 6) is 0.853. The minimum absolute atomic E-state index is 0. The minimum Gasteiger partial charge on any atom is -0.382 e. The summed E-state index contributed by atoms with van der Waals surface area (Å²) in [5, 5.41) is 6.67. The van der Waals surface area contributed by atoms with E-state index in [1.54, 1.807) is 14.2 Å². The first-order valence-electron chi connectivity index (χ1n) is 7.94. The summed E-state index contributed by atoms with van der Waals surface area (Å²) in [4.78, 5) is 6.65. The van der Waals surface area contributed by atoms with Crippen molar-refractivity contribution in [1.29, 1.82) is 0 Å². The van der Waals surface area contributed by atoms with Crippen LogP contribution in [0.3, 0.4) is 0 Å². The topological polar surface area (TPSA) is 58.1 Å². The number of nitrogens with one attached hydrogen (secondary N) is 2. The number of aliphatic imine (C=N–C) groups is 1. The van der Waals surface area contributed by atoms with Crippen LogP contribution in [0.1, 0.15) is 27.2 Å². The Hall–Kier alpha value is -0.120. The van der Waals surface area contributed by atoms with Crippen LogP contribution in [0.5, 0.6) is 0 Å². The van der Waals surface area contributed by atoms with Crippen molar-refractivity contribution in [3.63, 3.8) is 0 Å². The third-order valence-corrected chi connectivity index (χ3v) is 3.41. The van der Waals surface area contributed by atoms with E-state index in [4.69, 9.17) is 9.47 Å². The Labute approximate surface area is 153 Å². The molecule has 0 amide bonds. The number of likely N-dealkylation sites (N-methyl/N-ethyl adjacent to an activating group) is 1. The number of guanidine groups is 1. The zero-order chi connectivity index (χ0) is 15.9. The molecule has 2 N–H and O–H groups in total. The molecule has 6 nitrogen and oxygen atoms in total. The molecule has 0 fully saturated rings. The van der Waals surface area contributed by atoms with Gasteiger partial charge >= 0.3 is 0 Å². The maximum Gasteiger partial charge on any atom is 0.191 e. The van der Waals surface area contributed by atoms with Gasteiger partial charge in [0.1, 0.15) is 0 Å². The quantitative estimate of drug-likeness (QED) is 0.213. The van der Waals surface area contributed by atoms with E-state index in [9.17, 15) is 0 Å². The number of hydrogen-bond acceptors (Lipinski definition) is 4. The lowest BCUT2D eigenvalue weighted by Gasteiger charge is -2.27. The molecule has 0 spiro atoms. The summed E-state index contributed by atoms with van der Waals surface area (Å²) in [6, 6.07) is 0.496. The van der Waals surface area contributed by atoms with Gasteiger partial charge in [0, 0.05) is 39.9 Å². The molecule has 0 rings (SSSR count). The highest BCUT2D eigenvalue weighted by molar-refractivity contribution is 14.0. The Kier molecular flexibility index (Phi) is 18.9. The molecular formula is C15H35IN4O2. The lowest BCUT2D eigenvalue weighted by molar-refractivity contribution is 0.0698. The van der Waals surface area contributed by atoms with Gasteiger partial charge in [0.05, 0.1) is 13.2 Å². The van der Waals surface area contributed by atoms with Gasteiger partial charge in [-0.1, -0.05) is 13.8 Å². The van der Waals surface area contributed by atoms with E-state index in [0.29, 0.717) is 19.3 Å². The molecule has 0 aromatic rings. The molecular weight excluding hydrogens is 395 g/mol. The maximum absolute atomic E-state index is 5.42. The maximum atomic E-state index is 5.42. The Morgan fingerprint density at radius 2 is 1.82 bits per heavy atom. The number of hydrogen-bond donors (Lipinski definition) is 2. The summed E-state index contributed by atoms with van der Waals surface area (Å²) in [6.07, 6.45) is 0.954. The number of nitrogens with zero attached hydrogens (tertiary/aromatic N) is 2. The van der Waals surface area contributed by atoms with Crippen LogP contribution in [0, 0.1) is 0 Å². The van der Waals surface area contributed by atoms with Crippen molar-refractivity contribution in [3.8, 4) is 0 Å². The Morgan fingerprint density at radius 3 is 2.36 bits per heavy atom. The highest BCUT2D eigenvalue weighted by Gasteiger charge is 2.10. The number of halogens is 1. The van der Waals surface area contributed by atoms with Gasteiger partial charge in [-0.25, -0.2) is 0 Å². The second kappa shape index (κ2) is 17.2. The molecule has 0 saturated heterocycles. The average molecular weight is 430 g/mol. The van der Waals surface area contributed by atoms with Gasteiger partial charge in [-0.05, 0) is 26.4 Å². The van der Waals surface area contributed by atoms with Crippen LogP contribution >= 0.6 is 24.0 Å². The molecule has 0 heterocycles. The van der Waals surface area contributed by atoms with E-state index in [1.165, 1.54) is 0 Å². The molecule has 1 atom stereocenters. The van der Waals surface area contributed by atoms with Crippen LogP contribution in [0.15, 0.2) is 4.99 Å². The lowest BCUT2D eigenvalue weighted by atomic mass is 10.3. The van der Waals surface area contributed by atoms with Crippen LogP contribution in [-0.4, -0.2) is 77.1 Å². The van der Waals surface area contributed by atoms with E-state index in [0.717, 1.165) is 45.2 Å². The largest absolute Gasteiger partial charge is 0.382 e. The molecule has 0 aliphatic heterocycles. The fraction of sp³-hybridized carbons (Fsp3) is 0.933. The summed E-state index contributed by atoms with van der Waals surface area (Å²) in [5.41, 5.74) is 0. The van der Waals surface area contributed by atoms with Crippen molar-refractivity contribution in [2.24, 2.45) is 4.99 Å². The third kappa shape index (κ3) is 12.4. The molecule has 134 valence electrons. The van der Waals surface area contributed by atoms with Crippen molar-refractivity contribution < 1.29 is 9.47 Å². The van der Waals surface area contributed by atoms with E-state index in [1.807, 2.05) is 0 Å². The molecule has 0 radical (unpaired) electrons. The second-order valence-electron chi connectivity index (χ2n) is 4.91. The van der Waals surface area contributed by atoms with E-state index >= 15 is 0 Å². The number of ether oxygens (including phenoxy) is 2. The zero-order valence-electron chi connectivity index (χ0n) is 14.9. The minimum atomic E-state index is 0. The summed E-state index contributed by atoms with van der Waals surface area (Å²) >= 11 is 0. The van der Waals surface area contributed by atoms with E-state index < -0.39 is 0 Å². The SMILES string of the molecule is CCN(CC)C(C)CNC(=NC)NCCCOCCOC.I. The van der Waals surface area contributed by atoms with Gasteiger partial charge in [0.25, 0.3) is 0 Å². The van der Waals surface area contributed by atoms with Crippen molar-refractivity contribution >= 4 is 29.9 Å². The van der Waals surface area contributed by atoms with E-state index in [-0.39, 0.29) is 24.0 Å². The molecule has 22 heavy (non-hydrogen) atoms.